The van der Waals surface area contributed by atoms with Gasteiger partial charge in [-0.25, -0.2) is 9.97 Å². The monoisotopic (exact) mass is 319 g/mol. The van der Waals surface area contributed by atoms with Crippen LogP contribution in [-0.2, 0) is 22.4 Å². The molecule has 0 unspecified atom stereocenters. The zero-order chi connectivity index (χ0) is 15.4. The standard InChI is InChI=1S/C16H21N3O2S/c1-21-13(20)8-5-9-17-15-14-11-6-3-2-4-7-12(11)22-16(14)19-10-18-15/h10H,2-9H2,1H3,(H,17,18,19). The van der Waals surface area contributed by atoms with Gasteiger partial charge in [-0.3, -0.25) is 4.79 Å². The van der Waals surface area contributed by atoms with Crippen LogP contribution in [0.5, 0.6) is 0 Å². The Morgan fingerprint density at radius 1 is 1.32 bits per heavy atom. The number of anilines is 1. The second-order valence-corrected chi connectivity index (χ2v) is 6.66. The largest absolute Gasteiger partial charge is 0.469 e. The van der Waals surface area contributed by atoms with Crippen LogP contribution in [0.15, 0.2) is 6.33 Å². The van der Waals surface area contributed by atoms with Gasteiger partial charge >= 0.3 is 5.97 Å². The molecule has 0 fully saturated rings. The van der Waals surface area contributed by atoms with Crippen LogP contribution in [-0.4, -0.2) is 29.6 Å². The molecule has 3 rings (SSSR count). The molecule has 0 saturated heterocycles. The number of nitrogens with zero attached hydrogens (tertiary/aromatic N) is 2. The van der Waals surface area contributed by atoms with E-state index in [0.29, 0.717) is 13.0 Å². The van der Waals surface area contributed by atoms with Crippen molar-refractivity contribution in [2.24, 2.45) is 0 Å². The third-order valence-corrected chi connectivity index (χ3v) is 5.28. The maximum Gasteiger partial charge on any atom is 0.305 e. The molecule has 2 aromatic heterocycles. The first-order valence-corrected chi connectivity index (χ1v) is 8.67. The molecule has 0 atom stereocenters. The zero-order valence-electron chi connectivity index (χ0n) is 12.9. The Bertz CT molecular complexity index is 669. The Morgan fingerprint density at radius 3 is 3.05 bits per heavy atom. The van der Waals surface area contributed by atoms with Crippen LogP contribution >= 0.6 is 11.3 Å². The molecule has 0 spiro atoms. The molecule has 5 nitrogen and oxygen atoms in total. The fourth-order valence-electron chi connectivity index (χ4n) is 2.94. The lowest BCUT2D eigenvalue weighted by atomic mass is 10.1. The van der Waals surface area contributed by atoms with Gasteiger partial charge in [-0.2, -0.15) is 0 Å². The number of aryl methyl sites for hydroxylation is 2. The van der Waals surface area contributed by atoms with Gasteiger partial charge in [-0.15, -0.1) is 11.3 Å². The second-order valence-electron chi connectivity index (χ2n) is 5.57. The number of nitrogens with one attached hydrogen (secondary N) is 1. The molecule has 0 radical (unpaired) electrons. The van der Waals surface area contributed by atoms with Gasteiger partial charge in [-0.1, -0.05) is 6.42 Å². The topological polar surface area (TPSA) is 64.1 Å². The van der Waals surface area contributed by atoms with E-state index < -0.39 is 0 Å². The molecule has 1 N–H and O–H groups in total. The van der Waals surface area contributed by atoms with Crippen molar-refractivity contribution in [1.82, 2.24) is 9.97 Å². The molecule has 0 aromatic carbocycles. The molecule has 0 saturated carbocycles. The highest BCUT2D eigenvalue weighted by molar-refractivity contribution is 7.18. The summed E-state index contributed by atoms with van der Waals surface area (Å²) in [5.74, 6) is 0.744. The number of carbonyl (C=O) groups is 1. The smallest absolute Gasteiger partial charge is 0.305 e. The molecule has 0 bridgehead atoms. The Kier molecular flexibility index (Phi) is 4.87. The molecule has 0 aliphatic heterocycles. The van der Waals surface area contributed by atoms with Gasteiger partial charge in [0.2, 0.25) is 0 Å². The Morgan fingerprint density at radius 2 is 2.18 bits per heavy atom. The van der Waals surface area contributed by atoms with Gasteiger partial charge in [-0.05, 0) is 37.7 Å². The number of aromatic nitrogens is 2. The lowest BCUT2D eigenvalue weighted by molar-refractivity contribution is -0.140. The molecular weight excluding hydrogens is 298 g/mol. The van der Waals surface area contributed by atoms with Crippen LogP contribution in [0.2, 0.25) is 0 Å². The SMILES string of the molecule is COC(=O)CCCNc1ncnc2sc3c(c12)CCCCC3. The third kappa shape index (κ3) is 3.21. The van der Waals surface area contributed by atoms with Gasteiger partial charge in [0.1, 0.15) is 17.0 Å². The molecule has 1 aliphatic rings. The minimum Gasteiger partial charge on any atom is -0.469 e. The summed E-state index contributed by atoms with van der Waals surface area (Å²) in [5, 5.41) is 4.57. The molecule has 1 aliphatic carbocycles. The number of fused-ring (bicyclic) bond motifs is 3. The van der Waals surface area contributed by atoms with Crippen molar-refractivity contribution in [3.8, 4) is 0 Å². The molecular formula is C16H21N3O2S. The first-order chi connectivity index (χ1) is 10.8. The van der Waals surface area contributed by atoms with Crippen LogP contribution < -0.4 is 5.32 Å². The Hall–Kier alpha value is -1.69. The fourth-order valence-corrected chi connectivity index (χ4v) is 4.17. The van der Waals surface area contributed by atoms with Gasteiger partial charge < -0.3 is 10.1 Å². The zero-order valence-corrected chi connectivity index (χ0v) is 13.7. The highest BCUT2D eigenvalue weighted by Gasteiger charge is 2.18. The first kappa shape index (κ1) is 15.2. The van der Waals surface area contributed by atoms with Crippen molar-refractivity contribution in [2.45, 2.75) is 44.9 Å². The number of rotatable bonds is 5. The van der Waals surface area contributed by atoms with Crippen molar-refractivity contribution in [2.75, 3.05) is 19.0 Å². The van der Waals surface area contributed by atoms with Gasteiger partial charge in [0.05, 0.1) is 12.5 Å². The van der Waals surface area contributed by atoms with Gasteiger partial charge in [0.15, 0.2) is 0 Å². The molecule has 0 amide bonds. The second kappa shape index (κ2) is 7.05. The normalized spacial score (nSPS) is 14.4. The number of hydrogen-bond acceptors (Lipinski definition) is 6. The summed E-state index contributed by atoms with van der Waals surface area (Å²) < 4.78 is 4.66. The van der Waals surface area contributed by atoms with E-state index in [2.05, 4.69) is 20.0 Å². The van der Waals surface area contributed by atoms with Crippen molar-refractivity contribution in [3.63, 3.8) is 0 Å². The van der Waals surface area contributed by atoms with Crippen molar-refractivity contribution < 1.29 is 9.53 Å². The first-order valence-electron chi connectivity index (χ1n) is 7.85. The van der Waals surface area contributed by atoms with Crippen molar-refractivity contribution in [3.05, 3.63) is 16.8 Å². The highest BCUT2D eigenvalue weighted by Crippen LogP contribution is 2.37. The van der Waals surface area contributed by atoms with E-state index in [1.54, 1.807) is 6.33 Å². The fraction of sp³-hybridized carbons (Fsp3) is 0.562. The molecule has 6 heteroatoms. The number of hydrogen-bond donors (Lipinski definition) is 1. The van der Waals surface area contributed by atoms with E-state index in [4.69, 9.17) is 0 Å². The number of thiophene rings is 1. The molecule has 22 heavy (non-hydrogen) atoms. The summed E-state index contributed by atoms with van der Waals surface area (Å²) in [7, 11) is 1.42. The summed E-state index contributed by atoms with van der Waals surface area (Å²) in [6.07, 6.45) is 8.91. The van der Waals surface area contributed by atoms with E-state index in [1.807, 2.05) is 11.3 Å². The molecule has 2 aromatic rings. The van der Waals surface area contributed by atoms with E-state index >= 15 is 0 Å². The van der Waals surface area contributed by atoms with Crippen molar-refractivity contribution >= 4 is 33.3 Å². The maximum atomic E-state index is 11.1. The van der Waals surface area contributed by atoms with E-state index in [-0.39, 0.29) is 5.97 Å². The lowest BCUT2D eigenvalue weighted by Crippen LogP contribution is -2.08. The summed E-state index contributed by atoms with van der Waals surface area (Å²) in [5.41, 5.74) is 1.44. The average Bonchev–Trinajstić information content (AvgIpc) is 2.74. The molecule has 2 heterocycles. The van der Waals surface area contributed by atoms with Crippen LogP contribution in [0, 0.1) is 0 Å². The third-order valence-electron chi connectivity index (χ3n) is 4.08. The number of esters is 1. The highest BCUT2D eigenvalue weighted by atomic mass is 32.1. The van der Waals surface area contributed by atoms with Crippen LogP contribution in [0.25, 0.3) is 10.2 Å². The number of carbonyl (C=O) groups excluding carboxylic acids is 1. The van der Waals surface area contributed by atoms with Crippen molar-refractivity contribution in [1.29, 1.82) is 0 Å². The average molecular weight is 319 g/mol. The van der Waals surface area contributed by atoms with E-state index in [9.17, 15) is 4.79 Å². The maximum absolute atomic E-state index is 11.1. The van der Waals surface area contributed by atoms with Crippen LogP contribution in [0.1, 0.15) is 42.5 Å². The Balaban J connectivity index is 1.77. The number of methoxy groups -OCH3 is 1. The quantitative estimate of drug-likeness (QED) is 0.520. The number of ether oxygens (including phenoxy) is 1. The van der Waals surface area contributed by atoms with Gasteiger partial charge in [0, 0.05) is 17.8 Å². The summed E-state index contributed by atoms with van der Waals surface area (Å²) in [6.45, 7) is 0.714. The van der Waals surface area contributed by atoms with Gasteiger partial charge in [0.25, 0.3) is 0 Å². The summed E-state index contributed by atoms with van der Waals surface area (Å²) in [6, 6.07) is 0. The minimum atomic E-state index is -0.168. The lowest BCUT2D eigenvalue weighted by Gasteiger charge is -2.08. The predicted octanol–water partition coefficient (Wildman–Crippen LogP) is 3.33. The minimum absolute atomic E-state index is 0.168. The van der Waals surface area contributed by atoms with Crippen LogP contribution in [0.4, 0.5) is 5.82 Å². The van der Waals surface area contributed by atoms with Crippen LogP contribution in [0.3, 0.4) is 0 Å². The van der Waals surface area contributed by atoms with E-state index in [1.165, 1.54) is 42.2 Å². The summed E-state index contributed by atoms with van der Waals surface area (Å²) in [4.78, 5) is 22.6. The van der Waals surface area contributed by atoms with E-state index in [0.717, 1.165) is 29.9 Å². The summed E-state index contributed by atoms with van der Waals surface area (Å²) >= 11 is 1.81. The predicted molar refractivity (Wildman–Crippen MR) is 88.4 cm³/mol. The Labute approximate surface area is 134 Å². The molecule has 118 valence electrons.